The lowest BCUT2D eigenvalue weighted by atomic mass is 9.69. The van der Waals surface area contributed by atoms with Crippen LogP contribution in [0.4, 0.5) is 0 Å². The van der Waals surface area contributed by atoms with Crippen LogP contribution in [0.25, 0.3) is 0 Å². The Bertz CT molecular complexity index is 350. The van der Waals surface area contributed by atoms with E-state index in [1.54, 1.807) is 0 Å². The summed E-state index contributed by atoms with van der Waals surface area (Å²) in [5.74, 6) is 1.65. The van der Waals surface area contributed by atoms with Gasteiger partial charge in [-0.2, -0.15) is 0 Å². The first-order chi connectivity index (χ1) is 7.97. The minimum atomic E-state index is 0.477. The van der Waals surface area contributed by atoms with Gasteiger partial charge < -0.3 is 0 Å². The van der Waals surface area contributed by atoms with Gasteiger partial charge in [-0.15, -0.1) is 0 Å². The normalized spacial score (nSPS) is 25.9. The molecule has 0 atom stereocenters. The Kier molecular flexibility index (Phi) is 3.82. The van der Waals surface area contributed by atoms with Crippen LogP contribution in [0.15, 0.2) is 24.3 Å². The van der Waals surface area contributed by atoms with Crippen LogP contribution < -0.4 is 0 Å². The van der Waals surface area contributed by atoms with E-state index in [1.165, 1.54) is 31.2 Å². The second kappa shape index (κ2) is 5.02. The molecule has 0 amide bonds. The molecule has 94 valence electrons. The van der Waals surface area contributed by atoms with E-state index in [2.05, 4.69) is 32.9 Å². The van der Waals surface area contributed by atoms with E-state index in [0.29, 0.717) is 5.41 Å². The molecule has 0 aliphatic heterocycles. The molecule has 0 N–H and O–H groups in total. The van der Waals surface area contributed by atoms with E-state index < -0.39 is 0 Å². The Hall–Kier alpha value is -0.490. The van der Waals surface area contributed by atoms with Gasteiger partial charge in [0.2, 0.25) is 0 Å². The highest BCUT2D eigenvalue weighted by molar-refractivity contribution is 6.30. The maximum atomic E-state index is 5.93. The van der Waals surface area contributed by atoms with Crippen LogP contribution in [0, 0.1) is 11.3 Å². The fraction of sp³-hybridized carbons (Fsp3) is 0.625. The maximum Gasteiger partial charge on any atom is 0.0406 e. The Balaban J connectivity index is 1.97. The summed E-state index contributed by atoms with van der Waals surface area (Å²) in [6.45, 7) is 7.13. The highest BCUT2D eigenvalue weighted by Gasteiger charge is 2.29. The van der Waals surface area contributed by atoms with Gasteiger partial charge in [-0.3, -0.25) is 0 Å². The molecule has 0 spiro atoms. The summed E-state index contributed by atoms with van der Waals surface area (Å²) in [5, 5.41) is 0.845. The molecule has 1 heteroatoms. The summed E-state index contributed by atoms with van der Waals surface area (Å²) in [6, 6.07) is 8.44. The van der Waals surface area contributed by atoms with Crippen molar-refractivity contribution in [1.82, 2.24) is 0 Å². The zero-order chi connectivity index (χ0) is 12.5. The number of halogens is 1. The van der Waals surface area contributed by atoms with E-state index in [-0.39, 0.29) is 0 Å². The van der Waals surface area contributed by atoms with Crippen LogP contribution in [0.3, 0.4) is 0 Å². The molecular weight excluding hydrogens is 228 g/mol. The molecule has 1 fully saturated rings. The standard InChI is InChI=1S/C16H23Cl/c1-16(2,3)14-8-4-12(5-9-14)13-6-10-15(17)11-7-13/h6-7,10-12,14H,4-5,8-9H2,1-3H3. The molecule has 0 bridgehead atoms. The molecule has 1 aromatic rings. The Morgan fingerprint density at radius 1 is 0.941 bits per heavy atom. The average molecular weight is 251 g/mol. The van der Waals surface area contributed by atoms with E-state index in [1.807, 2.05) is 12.1 Å². The topological polar surface area (TPSA) is 0 Å². The smallest absolute Gasteiger partial charge is 0.0406 e. The average Bonchev–Trinajstić information content (AvgIpc) is 2.29. The van der Waals surface area contributed by atoms with Crippen molar-refractivity contribution in [2.75, 3.05) is 0 Å². The van der Waals surface area contributed by atoms with Gasteiger partial charge in [0.15, 0.2) is 0 Å². The Morgan fingerprint density at radius 2 is 1.47 bits per heavy atom. The summed E-state index contributed by atoms with van der Waals surface area (Å²) in [5.41, 5.74) is 1.95. The molecule has 0 nitrogen and oxygen atoms in total. The first-order valence-corrected chi connectivity index (χ1v) is 7.10. The fourth-order valence-corrected chi connectivity index (χ4v) is 3.15. The van der Waals surface area contributed by atoms with Gasteiger partial charge in [-0.1, -0.05) is 44.5 Å². The van der Waals surface area contributed by atoms with Crippen molar-refractivity contribution in [1.29, 1.82) is 0 Å². The second-order valence-electron chi connectivity index (χ2n) is 6.47. The zero-order valence-corrected chi connectivity index (χ0v) is 11.9. The largest absolute Gasteiger partial charge is 0.0843 e. The molecule has 0 radical (unpaired) electrons. The van der Waals surface area contributed by atoms with E-state index in [4.69, 9.17) is 11.6 Å². The summed E-state index contributed by atoms with van der Waals surface area (Å²) in [4.78, 5) is 0. The third-order valence-corrected chi connectivity index (χ3v) is 4.55. The van der Waals surface area contributed by atoms with Crippen molar-refractivity contribution >= 4 is 11.6 Å². The number of rotatable bonds is 1. The van der Waals surface area contributed by atoms with Crippen LogP contribution in [-0.4, -0.2) is 0 Å². The van der Waals surface area contributed by atoms with Crippen molar-refractivity contribution in [2.24, 2.45) is 11.3 Å². The quantitative estimate of drug-likeness (QED) is 0.603. The molecular formula is C16H23Cl. The number of hydrogen-bond donors (Lipinski definition) is 0. The SMILES string of the molecule is CC(C)(C)C1CCC(c2ccc(Cl)cc2)CC1. The van der Waals surface area contributed by atoms with Gasteiger partial charge in [0.25, 0.3) is 0 Å². The number of hydrogen-bond acceptors (Lipinski definition) is 0. The van der Waals surface area contributed by atoms with E-state index in [9.17, 15) is 0 Å². The third-order valence-electron chi connectivity index (χ3n) is 4.29. The zero-order valence-electron chi connectivity index (χ0n) is 11.2. The van der Waals surface area contributed by atoms with Crippen LogP contribution in [0.5, 0.6) is 0 Å². The van der Waals surface area contributed by atoms with Gasteiger partial charge in [0.1, 0.15) is 0 Å². The maximum absolute atomic E-state index is 5.93. The predicted molar refractivity (Wildman–Crippen MR) is 75.6 cm³/mol. The summed E-state index contributed by atoms with van der Waals surface area (Å²) >= 11 is 5.93. The van der Waals surface area contributed by atoms with Gasteiger partial charge in [-0.05, 0) is 60.6 Å². The van der Waals surface area contributed by atoms with Crippen molar-refractivity contribution in [3.05, 3.63) is 34.9 Å². The molecule has 0 saturated heterocycles. The van der Waals surface area contributed by atoms with Crippen molar-refractivity contribution in [3.63, 3.8) is 0 Å². The highest BCUT2D eigenvalue weighted by atomic mass is 35.5. The molecule has 1 aliphatic rings. The Labute approximate surface area is 110 Å². The molecule has 2 rings (SSSR count). The van der Waals surface area contributed by atoms with Gasteiger partial charge in [-0.25, -0.2) is 0 Å². The Morgan fingerprint density at radius 3 is 1.94 bits per heavy atom. The molecule has 0 unspecified atom stereocenters. The lowest BCUT2D eigenvalue weighted by Gasteiger charge is -2.37. The summed E-state index contributed by atoms with van der Waals surface area (Å²) < 4.78 is 0. The molecule has 17 heavy (non-hydrogen) atoms. The highest BCUT2D eigenvalue weighted by Crippen LogP contribution is 2.43. The molecule has 1 aromatic carbocycles. The van der Waals surface area contributed by atoms with E-state index >= 15 is 0 Å². The minimum absolute atomic E-state index is 0.477. The van der Waals surface area contributed by atoms with Crippen LogP contribution in [0.2, 0.25) is 5.02 Å². The first kappa shape index (κ1) is 13.0. The monoisotopic (exact) mass is 250 g/mol. The molecule has 0 heterocycles. The van der Waals surface area contributed by atoms with Crippen molar-refractivity contribution in [2.45, 2.75) is 52.4 Å². The minimum Gasteiger partial charge on any atom is -0.0843 e. The predicted octanol–water partition coefficient (Wildman–Crippen LogP) is 5.66. The van der Waals surface area contributed by atoms with E-state index in [0.717, 1.165) is 16.9 Å². The van der Waals surface area contributed by atoms with Crippen molar-refractivity contribution < 1.29 is 0 Å². The first-order valence-electron chi connectivity index (χ1n) is 6.72. The number of benzene rings is 1. The molecule has 0 aromatic heterocycles. The van der Waals surface area contributed by atoms with Gasteiger partial charge in [0.05, 0.1) is 0 Å². The van der Waals surface area contributed by atoms with Crippen molar-refractivity contribution in [3.8, 4) is 0 Å². The molecule has 1 aliphatic carbocycles. The lowest BCUT2D eigenvalue weighted by Crippen LogP contribution is -2.25. The van der Waals surface area contributed by atoms with Crippen LogP contribution >= 0.6 is 11.6 Å². The third kappa shape index (κ3) is 3.25. The van der Waals surface area contributed by atoms with Crippen LogP contribution in [-0.2, 0) is 0 Å². The van der Waals surface area contributed by atoms with Crippen LogP contribution in [0.1, 0.15) is 57.9 Å². The lowest BCUT2D eigenvalue weighted by molar-refractivity contribution is 0.169. The van der Waals surface area contributed by atoms with Gasteiger partial charge >= 0.3 is 0 Å². The summed E-state index contributed by atoms with van der Waals surface area (Å²) in [6.07, 6.45) is 5.42. The van der Waals surface area contributed by atoms with Gasteiger partial charge in [0, 0.05) is 5.02 Å². The summed E-state index contributed by atoms with van der Waals surface area (Å²) in [7, 11) is 0. The molecule has 1 saturated carbocycles. The fourth-order valence-electron chi connectivity index (χ4n) is 3.03. The second-order valence-corrected chi connectivity index (χ2v) is 6.90.